The lowest BCUT2D eigenvalue weighted by Crippen LogP contribution is -2.49. The lowest BCUT2D eigenvalue weighted by Gasteiger charge is -2.28. The lowest BCUT2D eigenvalue weighted by atomic mass is 9.95. The van der Waals surface area contributed by atoms with E-state index in [4.69, 9.17) is 4.74 Å². The van der Waals surface area contributed by atoms with Gasteiger partial charge in [-0.25, -0.2) is 0 Å². The summed E-state index contributed by atoms with van der Waals surface area (Å²) >= 11 is 0. The maximum Gasteiger partial charge on any atom is 0.237 e. The monoisotopic (exact) mass is 289 g/mol. The van der Waals surface area contributed by atoms with Gasteiger partial charge in [-0.1, -0.05) is 24.3 Å². The molecule has 0 bridgehead atoms. The molecule has 1 aromatic rings. The molecule has 1 saturated heterocycles. The molecule has 2 heterocycles. The molecule has 1 fully saturated rings. The Balaban J connectivity index is 1.44. The molecule has 2 aliphatic heterocycles. The average Bonchev–Trinajstić information content (AvgIpc) is 2.55. The molecule has 0 spiro atoms. The zero-order valence-electron chi connectivity index (χ0n) is 12.3. The molecule has 2 aliphatic rings. The molecule has 0 aliphatic carbocycles. The highest BCUT2D eigenvalue weighted by Gasteiger charge is 2.23. The van der Waals surface area contributed by atoms with Crippen LogP contribution in [0.1, 0.15) is 11.1 Å². The van der Waals surface area contributed by atoms with Crippen LogP contribution in [0.2, 0.25) is 0 Å². The first-order valence-electron chi connectivity index (χ1n) is 7.71. The van der Waals surface area contributed by atoms with E-state index in [0.29, 0.717) is 6.54 Å². The predicted octanol–water partition coefficient (Wildman–Crippen LogP) is 0.149. The van der Waals surface area contributed by atoms with Crippen molar-refractivity contribution in [3.8, 4) is 0 Å². The summed E-state index contributed by atoms with van der Waals surface area (Å²) in [5, 5.41) is 6.36. The van der Waals surface area contributed by atoms with Crippen LogP contribution in [0.5, 0.6) is 0 Å². The van der Waals surface area contributed by atoms with Gasteiger partial charge in [0.2, 0.25) is 5.91 Å². The Kier molecular flexibility index (Phi) is 4.85. The van der Waals surface area contributed by atoms with E-state index in [1.54, 1.807) is 0 Å². The Morgan fingerprint density at radius 3 is 2.86 bits per heavy atom. The highest BCUT2D eigenvalue weighted by molar-refractivity contribution is 5.82. The largest absolute Gasteiger partial charge is 0.379 e. The van der Waals surface area contributed by atoms with Gasteiger partial charge in [-0.2, -0.15) is 0 Å². The second-order valence-electron chi connectivity index (χ2n) is 5.65. The second-order valence-corrected chi connectivity index (χ2v) is 5.65. The van der Waals surface area contributed by atoms with E-state index < -0.39 is 0 Å². The Morgan fingerprint density at radius 2 is 2.05 bits per heavy atom. The molecule has 0 radical (unpaired) electrons. The fourth-order valence-electron chi connectivity index (χ4n) is 2.92. The van der Waals surface area contributed by atoms with Crippen molar-refractivity contribution in [2.24, 2.45) is 0 Å². The number of rotatable bonds is 4. The van der Waals surface area contributed by atoms with Crippen molar-refractivity contribution < 1.29 is 9.53 Å². The maximum absolute atomic E-state index is 12.2. The summed E-state index contributed by atoms with van der Waals surface area (Å²) in [6.07, 6.45) is 0.777. The number of nitrogens with one attached hydrogen (secondary N) is 2. The lowest BCUT2D eigenvalue weighted by molar-refractivity contribution is -0.123. The normalized spacial score (nSPS) is 22.6. The molecule has 114 valence electrons. The summed E-state index contributed by atoms with van der Waals surface area (Å²) in [4.78, 5) is 14.6. The van der Waals surface area contributed by atoms with Crippen molar-refractivity contribution in [2.45, 2.75) is 19.0 Å². The summed E-state index contributed by atoms with van der Waals surface area (Å²) in [6.45, 7) is 5.91. The number of hydrogen-bond acceptors (Lipinski definition) is 4. The number of benzene rings is 1. The topological polar surface area (TPSA) is 53.6 Å². The third-order valence-electron chi connectivity index (χ3n) is 4.23. The highest BCUT2D eigenvalue weighted by Crippen LogP contribution is 2.16. The van der Waals surface area contributed by atoms with Gasteiger partial charge in [-0.3, -0.25) is 9.69 Å². The summed E-state index contributed by atoms with van der Waals surface area (Å²) in [6, 6.07) is 8.21. The van der Waals surface area contributed by atoms with Crippen molar-refractivity contribution >= 4 is 5.91 Å². The summed E-state index contributed by atoms with van der Waals surface area (Å²) in [5.41, 5.74) is 2.58. The molecular weight excluding hydrogens is 266 g/mol. The van der Waals surface area contributed by atoms with Gasteiger partial charge in [0.1, 0.15) is 0 Å². The van der Waals surface area contributed by atoms with Crippen LogP contribution in [0.25, 0.3) is 0 Å². The van der Waals surface area contributed by atoms with E-state index in [2.05, 4.69) is 27.7 Å². The van der Waals surface area contributed by atoms with E-state index in [0.717, 1.165) is 45.8 Å². The van der Waals surface area contributed by atoms with Crippen molar-refractivity contribution in [2.75, 3.05) is 39.4 Å². The van der Waals surface area contributed by atoms with Gasteiger partial charge in [-0.05, 0) is 17.5 Å². The zero-order valence-corrected chi connectivity index (χ0v) is 12.3. The molecule has 1 atom stereocenters. The molecule has 3 rings (SSSR count). The van der Waals surface area contributed by atoms with Gasteiger partial charge < -0.3 is 15.4 Å². The molecule has 5 nitrogen and oxygen atoms in total. The standard InChI is InChI=1S/C16H23N3O2/c20-16(17-5-6-19-7-9-21-10-8-19)15-11-13-3-1-2-4-14(13)12-18-15/h1-4,15,18H,5-12H2,(H,17,20)/t15-/m1/s1. The average molecular weight is 289 g/mol. The predicted molar refractivity (Wildman–Crippen MR) is 81.0 cm³/mol. The number of amides is 1. The first kappa shape index (κ1) is 14.5. The third kappa shape index (κ3) is 3.81. The number of fused-ring (bicyclic) bond motifs is 1. The molecule has 2 N–H and O–H groups in total. The number of hydrogen-bond donors (Lipinski definition) is 2. The van der Waals surface area contributed by atoms with Gasteiger partial charge in [0.15, 0.2) is 0 Å². The van der Waals surface area contributed by atoms with Crippen LogP contribution in [0, 0.1) is 0 Å². The fourth-order valence-corrected chi connectivity index (χ4v) is 2.92. The van der Waals surface area contributed by atoms with Gasteiger partial charge in [0.05, 0.1) is 19.3 Å². The second kappa shape index (κ2) is 7.02. The quantitative estimate of drug-likeness (QED) is 0.828. The summed E-state index contributed by atoms with van der Waals surface area (Å²) in [5.74, 6) is 0.109. The van der Waals surface area contributed by atoms with E-state index in [1.807, 2.05) is 12.1 Å². The number of carbonyl (C=O) groups excluding carboxylic acids is 1. The Morgan fingerprint density at radius 1 is 1.29 bits per heavy atom. The number of nitrogens with zero attached hydrogens (tertiary/aromatic N) is 1. The van der Waals surface area contributed by atoms with Crippen LogP contribution in [0.4, 0.5) is 0 Å². The minimum Gasteiger partial charge on any atom is -0.379 e. The van der Waals surface area contributed by atoms with Crippen LogP contribution in [-0.4, -0.2) is 56.2 Å². The van der Waals surface area contributed by atoms with Gasteiger partial charge in [0.25, 0.3) is 0 Å². The third-order valence-corrected chi connectivity index (χ3v) is 4.23. The molecule has 21 heavy (non-hydrogen) atoms. The maximum atomic E-state index is 12.2. The van der Waals surface area contributed by atoms with E-state index in [9.17, 15) is 4.79 Å². The molecule has 1 amide bonds. The van der Waals surface area contributed by atoms with Crippen LogP contribution < -0.4 is 10.6 Å². The van der Waals surface area contributed by atoms with E-state index in [1.165, 1.54) is 11.1 Å². The van der Waals surface area contributed by atoms with Crippen LogP contribution in [-0.2, 0) is 22.5 Å². The molecule has 0 aromatic heterocycles. The number of ether oxygens (including phenoxy) is 1. The first-order valence-corrected chi connectivity index (χ1v) is 7.71. The summed E-state index contributed by atoms with van der Waals surface area (Å²) in [7, 11) is 0. The summed E-state index contributed by atoms with van der Waals surface area (Å²) < 4.78 is 5.32. The smallest absolute Gasteiger partial charge is 0.237 e. The number of carbonyl (C=O) groups is 1. The minimum atomic E-state index is -0.107. The van der Waals surface area contributed by atoms with Crippen molar-refractivity contribution in [3.05, 3.63) is 35.4 Å². The Hall–Kier alpha value is -1.43. The first-order chi connectivity index (χ1) is 10.3. The Bertz CT molecular complexity index is 486. The van der Waals surface area contributed by atoms with E-state index >= 15 is 0 Å². The van der Waals surface area contributed by atoms with Gasteiger partial charge in [0, 0.05) is 32.7 Å². The molecule has 0 unspecified atom stereocenters. The Labute approximate surface area is 125 Å². The molecule has 1 aromatic carbocycles. The fraction of sp³-hybridized carbons (Fsp3) is 0.562. The van der Waals surface area contributed by atoms with Crippen molar-refractivity contribution in [1.29, 1.82) is 0 Å². The number of morpholine rings is 1. The highest BCUT2D eigenvalue weighted by atomic mass is 16.5. The van der Waals surface area contributed by atoms with Gasteiger partial charge in [-0.15, -0.1) is 0 Å². The zero-order chi connectivity index (χ0) is 14.5. The molecule has 5 heteroatoms. The van der Waals surface area contributed by atoms with E-state index in [-0.39, 0.29) is 11.9 Å². The van der Waals surface area contributed by atoms with Crippen LogP contribution in [0.3, 0.4) is 0 Å². The molecule has 0 saturated carbocycles. The van der Waals surface area contributed by atoms with Crippen molar-refractivity contribution in [3.63, 3.8) is 0 Å². The molecular formula is C16H23N3O2. The van der Waals surface area contributed by atoms with Gasteiger partial charge >= 0.3 is 0 Å². The van der Waals surface area contributed by atoms with Crippen molar-refractivity contribution in [1.82, 2.24) is 15.5 Å². The van der Waals surface area contributed by atoms with Crippen LogP contribution >= 0.6 is 0 Å². The SMILES string of the molecule is O=C(NCCN1CCOCC1)[C@H]1Cc2ccccc2CN1. The minimum absolute atomic E-state index is 0.107. The van der Waals surface area contributed by atoms with Crippen LogP contribution in [0.15, 0.2) is 24.3 Å².